The van der Waals surface area contributed by atoms with Gasteiger partial charge in [-0.25, -0.2) is 18.9 Å². The Bertz CT molecular complexity index is 1310. The predicted octanol–water partition coefficient (Wildman–Crippen LogP) is 4.78. The van der Waals surface area contributed by atoms with E-state index >= 15 is 0 Å². The summed E-state index contributed by atoms with van der Waals surface area (Å²) in [6.07, 6.45) is 0.276. The summed E-state index contributed by atoms with van der Waals surface area (Å²) in [4.78, 5) is 54.9. The molecule has 0 spiro atoms. The minimum absolute atomic E-state index is 0.242. The molecule has 0 bridgehead atoms. The third-order valence-electron chi connectivity index (χ3n) is 6.01. The van der Waals surface area contributed by atoms with Crippen molar-refractivity contribution in [3.63, 3.8) is 0 Å². The molecule has 3 aromatic rings. The summed E-state index contributed by atoms with van der Waals surface area (Å²) in [5, 5.41) is 4.68. The van der Waals surface area contributed by atoms with Crippen LogP contribution in [0.15, 0.2) is 60.0 Å². The lowest BCUT2D eigenvalue weighted by Crippen LogP contribution is -2.39. The van der Waals surface area contributed by atoms with Gasteiger partial charge in [0.1, 0.15) is 11.9 Å². The van der Waals surface area contributed by atoms with E-state index in [0.717, 1.165) is 15.3 Å². The molecule has 2 aromatic carbocycles. The zero-order valence-electron chi connectivity index (χ0n) is 20.4. The molecule has 2 heterocycles. The molecule has 8 nitrogen and oxygen atoms in total. The van der Waals surface area contributed by atoms with E-state index < -0.39 is 35.7 Å². The molecule has 1 atom stereocenters. The van der Waals surface area contributed by atoms with E-state index in [-0.39, 0.29) is 25.3 Å². The Kier molecular flexibility index (Phi) is 7.98. The maximum atomic E-state index is 13.4. The van der Waals surface area contributed by atoms with Gasteiger partial charge in [0.05, 0.1) is 24.3 Å². The second-order valence-corrected chi connectivity index (χ2v) is 9.47. The molecule has 1 aromatic heterocycles. The van der Waals surface area contributed by atoms with E-state index in [4.69, 9.17) is 4.74 Å². The van der Waals surface area contributed by atoms with Gasteiger partial charge in [-0.15, -0.1) is 11.3 Å². The van der Waals surface area contributed by atoms with Gasteiger partial charge >= 0.3 is 12.0 Å². The van der Waals surface area contributed by atoms with Crippen LogP contribution in [0.3, 0.4) is 0 Å². The number of rotatable bonds is 9. The topological polar surface area (TPSA) is 96.0 Å². The summed E-state index contributed by atoms with van der Waals surface area (Å²) < 4.78 is 18.4. The van der Waals surface area contributed by atoms with E-state index in [9.17, 15) is 23.6 Å². The van der Waals surface area contributed by atoms with E-state index in [2.05, 4.69) is 5.32 Å². The molecule has 0 saturated carbocycles. The number of aryl methyl sites for hydroxylation is 1. The van der Waals surface area contributed by atoms with Gasteiger partial charge in [-0.1, -0.05) is 0 Å². The van der Waals surface area contributed by atoms with Crippen molar-refractivity contribution in [3.05, 3.63) is 81.8 Å². The first-order valence-electron chi connectivity index (χ1n) is 11.8. The van der Waals surface area contributed by atoms with Crippen LogP contribution in [0.1, 0.15) is 34.1 Å². The fourth-order valence-electron chi connectivity index (χ4n) is 4.09. The van der Waals surface area contributed by atoms with Crippen LogP contribution in [-0.4, -0.2) is 47.9 Å². The number of carbonyl (C=O) groups is 4. The van der Waals surface area contributed by atoms with E-state index in [1.54, 1.807) is 30.4 Å². The molecule has 1 aliphatic heterocycles. The fourth-order valence-corrected chi connectivity index (χ4v) is 4.99. The van der Waals surface area contributed by atoms with E-state index in [1.165, 1.54) is 41.3 Å². The molecule has 1 fully saturated rings. The largest absolute Gasteiger partial charge is 0.462 e. The van der Waals surface area contributed by atoms with Crippen LogP contribution in [0.25, 0.3) is 0 Å². The molecular formula is C27H26FN3O5S. The van der Waals surface area contributed by atoms with Crippen LogP contribution >= 0.6 is 11.3 Å². The molecule has 10 heteroatoms. The minimum Gasteiger partial charge on any atom is -0.462 e. The number of thiophene rings is 1. The Balaban J connectivity index is 1.51. The predicted molar refractivity (Wildman–Crippen MR) is 138 cm³/mol. The van der Waals surface area contributed by atoms with Gasteiger partial charge in [-0.05, 0) is 85.8 Å². The lowest BCUT2D eigenvalue weighted by molar-refractivity contribution is -0.124. The van der Waals surface area contributed by atoms with Gasteiger partial charge in [0.25, 0.3) is 5.91 Å². The maximum absolute atomic E-state index is 13.4. The molecule has 1 N–H and O–H groups in total. The number of esters is 1. The number of hydrogen-bond donors (Lipinski definition) is 1. The van der Waals surface area contributed by atoms with Gasteiger partial charge in [0, 0.05) is 17.1 Å². The molecule has 0 unspecified atom stereocenters. The molecule has 1 saturated heterocycles. The average molecular weight is 524 g/mol. The SMILES string of the molecule is CCOC(=O)c1ccc(NC(=O)C[C@H]2C(=O)N(c3ccc(F)cc3)C(=O)N2CCc2sccc2C)cc1. The fraction of sp³-hybridized carbons (Fsp3) is 0.259. The quantitative estimate of drug-likeness (QED) is 0.322. The number of amides is 4. The van der Waals surface area contributed by atoms with Crippen molar-refractivity contribution in [2.45, 2.75) is 32.7 Å². The highest BCUT2D eigenvalue weighted by atomic mass is 32.1. The number of imide groups is 1. The number of anilines is 2. The van der Waals surface area contributed by atoms with Gasteiger partial charge in [-0.3, -0.25) is 9.59 Å². The summed E-state index contributed by atoms with van der Waals surface area (Å²) in [5.74, 6) is -1.97. The number of nitrogens with zero attached hydrogens (tertiary/aromatic N) is 2. The average Bonchev–Trinajstić information content (AvgIpc) is 3.38. The Labute approximate surface area is 217 Å². The molecule has 0 radical (unpaired) electrons. The first-order valence-corrected chi connectivity index (χ1v) is 12.7. The van der Waals surface area contributed by atoms with Gasteiger partial charge < -0.3 is 15.0 Å². The zero-order chi connectivity index (χ0) is 26.5. The van der Waals surface area contributed by atoms with Crippen LogP contribution in [-0.2, 0) is 20.7 Å². The summed E-state index contributed by atoms with van der Waals surface area (Å²) >= 11 is 1.57. The third-order valence-corrected chi connectivity index (χ3v) is 7.09. The molecule has 0 aliphatic carbocycles. The smallest absolute Gasteiger partial charge is 0.338 e. The van der Waals surface area contributed by atoms with E-state index in [0.29, 0.717) is 17.7 Å². The lowest BCUT2D eigenvalue weighted by atomic mass is 10.1. The summed E-state index contributed by atoms with van der Waals surface area (Å²) in [6, 6.07) is 11.7. The third kappa shape index (κ3) is 5.86. The molecular weight excluding hydrogens is 497 g/mol. The lowest BCUT2D eigenvalue weighted by Gasteiger charge is -2.21. The number of nitrogens with one attached hydrogen (secondary N) is 1. The second kappa shape index (κ2) is 11.3. The Morgan fingerprint density at radius 1 is 1.05 bits per heavy atom. The van der Waals surface area contributed by atoms with E-state index in [1.807, 2.05) is 18.4 Å². The van der Waals surface area contributed by atoms with Crippen molar-refractivity contribution in [2.75, 3.05) is 23.4 Å². The van der Waals surface area contributed by atoms with Crippen LogP contribution in [0.2, 0.25) is 0 Å². The number of halogens is 1. The zero-order valence-corrected chi connectivity index (χ0v) is 21.2. The maximum Gasteiger partial charge on any atom is 0.338 e. The van der Waals surface area contributed by atoms with Crippen molar-refractivity contribution >= 4 is 46.5 Å². The molecule has 4 rings (SSSR count). The molecule has 4 amide bonds. The van der Waals surface area contributed by atoms with Crippen molar-refractivity contribution in [3.8, 4) is 0 Å². The first kappa shape index (κ1) is 26.0. The van der Waals surface area contributed by atoms with Crippen molar-refractivity contribution < 1.29 is 28.3 Å². The minimum atomic E-state index is -1.02. The van der Waals surface area contributed by atoms with Crippen LogP contribution in [0.5, 0.6) is 0 Å². The van der Waals surface area contributed by atoms with Crippen molar-refractivity contribution in [2.24, 2.45) is 0 Å². The summed E-state index contributed by atoms with van der Waals surface area (Å²) in [5.41, 5.74) is 2.12. The number of benzene rings is 2. The van der Waals surface area contributed by atoms with Crippen molar-refractivity contribution in [1.29, 1.82) is 0 Å². The van der Waals surface area contributed by atoms with Crippen LogP contribution in [0.4, 0.5) is 20.6 Å². The van der Waals surface area contributed by atoms with Gasteiger partial charge in [0.2, 0.25) is 5.91 Å². The first-order chi connectivity index (χ1) is 17.8. The number of carbonyl (C=O) groups excluding carboxylic acids is 4. The number of ether oxygens (including phenoxy) is 1. The molecule has 192 valence electrons. The molecule has 1 aliphatic rings. The standard InChI is InChI=1S/C27H26FN3O5S/c1-3-36-26(34)18-4-8-20(9-5-18)29-24(32)16-22-25(33)31(21-10-6-19(28)7-11-21)27(35)30(22)14-12-23-17(2)13-15-37-23/h4-11,13,15,22H,3,12,14,16H2,1-2H3,(H,29,32)/t22-/m0/s1. The van der Waals surface area contributed by atoms with Crippen LogP contribution < -0.4 is 10.2 Å². The monoisotopic (exact) mass is 523 g/mol. The summed E-state index contributed by atoms with van der Waals surface area (Å²) in [7, 11) is 0. The Morgan fingerprint density at radius 3 is 2.38 bits per heavy atom. The Hall–Kier alpha value is -4.05. The summed E-state index contributed by atoms with van der Waals surface area (Å²) in [6.45, 7) is 4.19. The van der Waals surface area contributed by atoms with Crippen LogP contribution in [0, 0.1) is 12.7 Å². The highest BCUT2D eigenvalue weighted by molar-refractivity contribution is 7.10. The number of hydrogen-bond acceptors (Lipinski definition) is 6. The Morgan fingerprint density at radius 2 is 1.76 bits per heavy atom. The highest BCUT2D eigenvalue weighted by Gasteiger charge is 2.46. The van der Waals surface area contributed by atoms with Gasteiger partial charge in [-0.2, -0.15) is 0 Å². The molecule has 37 heavy (non-hydrogen) atoms. The van der Waals surface area contributed by atoms with Crippen molar-refractivity contribution in [1.82, 2.24) is 4.90 Å². The normalized spacial score (nSPS) is 15.3. The number of urea groups is 1. The second-order valence-electron chi connectivity index (χ2n) is 8.47. The highest BCUT2D eigenvalue weighted by Crippen LogP contribution is 2.28. The van der Waals surface area contributed by atoms with Gasteiger partial charge in [0.15, 0.2) is 0 Å².